The normalized spacial score (nSPS) is 12.9. The van der Waals surface area contributed by atoms with Crippen LogP contribution in [0.25, 0.3) is 10.2 Å². The summed E-state index contributed by atoms with van der Waals surface area (Å²) in [5, 5.41) is 13.1. The Labute approximate surface area is 152 Å². The van der Waals surface area contributed by atoms with Crippen LogP contribution in [0.2, 0.25) is 0 Å². The zero-order valence-corrected chi connectivity index (χ0v) is 16.6. The van der Waals surface area contributed by atoms with Crippen LogP contribution in [0.15, 0.2) is 9.13 Å². The minimum absolute atomic E-state index is 0.00957. The monoisotopic (exact) mass is 381 g/mol. The molecular weight excluding hydrogens is 362 g/mol. The molecule has 0 fully saturated rings. The number of aromatic nitrogens is 4. The number of aryl methyl sites for hydroxylation is 2. The lowest BCUT2D eigenvalue weighted by Gasteiger charge is -2.08. The molecule has 0 aromatic carbocycles. The predicted octanol–water partition coefficient (Wildman–Crippen LogP) is 4.13. The summed E-state index contributed by atoms with van der Waals surface area (Å²) in [6.07, 6.45) is 0. The first-order valence-corrected chi connectivity index (χ1v) is 10.1. The van der Waals surface area contributed by atoms with E-state index in [1.165, 1.54) is 11.3 Å². The molecule has 0 aliphatic rings. The molecule has 0 saturated heterocycles. The molecule has 0 radical (unpaired) electrons. The van der Waals surface area contributed by atoms with Crippen LogP contribution in [-0.2, 0) is 0 Å². The highest BCUT2D eigenvalue weighted by Gasteiger charge is 2.18. The van der Waals surface area contributed by atoms with Gasteiger partial charge >= 0.3 is 0 Å². The highest BCUT2D eigenvalue weighted by atomic mass is 32.2. The van der Waals surface area contributed by atoms with Crippen molar-refractivity contribution in [2.75, 3.05) is 5.32 Å². The Morgan fingerprint density at radius 1 is 1.17 bits per heavy atom. The SMILES string of the molecule is Cc1sc2nc([C@@H](C)Sc3nnc(NC(C)C)s3)[nH]c(=O)c2c1C. The van der Waals surface area contributed by atoms with Gasteiger partial charge in [0, 0.05) is 10.9 Å². The van der Waals surface area contributed by atoms with Crippen molar-refractivity contribution in [1.29, 1.82) is 0 Å². The summed E-state index contributed by atoms with van der Waals surface area (Å²) >= 11 is 4.63. The number of aromatic amines is 1. The Kier molecular flexibility index (Phi) is 4.93. The molecule has 0 bridgehead atoms. The molecular formula is C15H19N5OS3. The lowest BCUT2D eigenvalue weighted by Crippen LogP contribution is -2.12. The Balaban J connectivity index is 1.85. The minimum atomic E-state index is -0.0660. The molecule has 1 atom stereocenters. The fraction of sp³-hybridized carbons (Fsp3) is 0.467. The van der Waals surface area contributed by atoms with Crippen molar-refractivity contribution in [3.63, 3.8) is 0 Å². The van der Waals surface area contributed by atoms with Gasteiger partial charge in [0.1, 0.15) is 10.7 Å². The van der Waals surface area contributed by atoms with E-state index >= 15 is 0 Å². The highest BCUT2D eigenvalue weighted by Crippen LogP contribution is 2.36. The maximum absolute atomic E-state index is 12.4. The molecule has 2 N–H and O–H groups in total. The van der Waals surface area contributed by atoms with Crippen molar-refractivity contribution in [1.82, 2.24) is 20.2 Å². The van der Waals surface area contributed by atoms with Crippen molar-refractivity contribution >= 4 is 49.8 Å². The van der Waals surface area contributed by atoms with Gasteiger partial charge < -0.3 is 10.3 Å². The van der Waals surface area contributed by atoms with Crippen LogP contribution < -0.4 is 10.9 Å². The lowest BCUT2D eigenvalue weighted by molar-refractivity contribution is 0.882. The summed E-state index contributed by atoms with van der Waals surface area (Å²) in [6, 6.07) is 0.318. The summed E-state index contributed by atoms with van der Waals surface area (Å²) in [6.45, 7) is 10.1. The molecule has 9 heteroatoms. The molecule has 6 nitrogen and oxygen atoms in total. The van der Waals surface area contributed by atoms with E-state index in [4.69, 9.17) is 0 Å². The molecule has 0 spiro atoms. The van der Waals surface area contributed by atoms with Gasteiger partial charge in [-0.25, -0.2) is 4.98 Å². The second-order valence-electron chi connectivity index (χ2n) is 5.85. The van der Waals surface area contributed by atoms with Crippen molar-refractivity contribution in [2.24, 2.45) is 0 Å². The number of thioether (sulfide) groups is 1. The number of H-pyrrole nitrogens is 1. The Hall–Kier alpha value is -1.45. The van der Waals surface area contributed by atoms with Gasteiger partial charge in [0.05, 0.1) is 10.6 Å². The van der Waals surface area contributed by atoms with Gasteiger partial charge in [-0.2, -0.15) is 0 Å². The highest BCUT2D eigenvalue weighted by molar-refractivity contribution is 8.01. The van der Waals surface area contributed by atoms with E-state index in [0.29, 0.717) is 17.3 Å². The predicted molar refractivity (Wildman–Crippen MR) is 103 cm³/mol. The van der Waals surface area contributed by atoms with Crippen molar-refractivity contribution in [3.8, 4) is 0 Å². The first kappa shape index (κ1) is 17.4. The summed E-state index contributed by atoms with van der Waals surface area (Å²) in [5.41, 5.74) is 0.952. The number of anilines is 1. The van der Waals surface area contributed by atoms with Crippen LogP contribution in [0.1, 0.15) is 42.3 Å². The molecule has 3 aromatic rings. The largest absolute Gasteiger partial charge is 0.358 e. The van der Waals surface area contributed by atoms with Crippen molar-refractivity contribution < 1.29 is 0 Å². The average Bonchev–Trinajstić information content (AvgIpc) is 3.03. The van der Waals surface area contributed by atoms with Crippen LogP contribution in [0, 0.1) is 13.8 Å². The van der Waals surface area contributed by atoms with Crippen LogP contribution in [-0.4, -0.2) is 26.2 Å². The van der Waals surface area contributed by atoms with E-state index < -0.39 is 0 Å². The lowest BCUT2D eigenvalue weighted by atomic mass is 10.2. The summed E-state index contributed by atoms with van der Waals surface area (Å²) in [7, 11) is 0. The molecule has 0 amide bonds. The van der Waals surface area contributed by atoms with Gasteiger partial charge in [0.2, 0.25) is 5.13 Å². The zero-order valence-electron chi connectivity index (χ0n) is 14.1. The molecule has 3 rings (SSSR count). The Morgan fingerprint density at radius 3 is 2.62 bits per heavy atom. The van der Waals surface area contributed by atoms with E-state index in [-0.39, 0.29) is 10.8 Å². The van der Waals surface area contributed by atoms with Crippen LogP contribution in [0.4, 0.5) is 5.13 Å². The van der Waals surface area contributed by atoms with Gasteiger partial charge in [0.15, 0.2) is 4.34 Å². The number of hydrogen-bond donors (Lipinski definition) is 2. The standard InChI is InChI=1S/C15H19N5OS3/c1-6(2)16-14-19-20-15(24-14)23-9(5)11-17-12(21)10-7(3)8(4)22-13(10)18-11/h6,9H,1-5H3,(H,16,19)(H,17,18,21)/t9-/m1/s1. The van der Waals surface area contributed by atoms with E-state index in [1.54, 1.807) is 23.1 Å². The molecule has 0 unspecified atom stereocenters. The third kappa shape index (κ3) is 3.47. The summed E-state index contributed by atoms with van der Waals surface area (Å²) in [4.78, 5) is 21.9. The minimum Gasteiger partial charge on any atom is -0.358 e. The third-order valence-electron chi connectivity index (χ3n) is 3.54. The molecule has 128 valence electrons. The Bertz CT molecular complexity index is 927. The molecule has 0 saturated carbocycles. The van der Waals surface area contributed by atoms with Crippen molar-refractivity contribution in [2.45, 2.75) is 50.3 Å². The summed E-state index contributed by atoms with van der Waals surface area (Å²) in [5.74, 6) is 0.673. The second-order valence-corrected chi connectivity index (χ2v) is 9.62. The summed E-state index contributed by atoms with van der Waals surface area (Å²) < 4.78 is 0.854. The van der Waals surface area contributed by atoms with E-state index in [0.717, 1.165) is 24.7 Å². The third-order valence-corrected chi connectivity index (χ3v) is 6.69. The van der Waals surface area contributed by atoms with E-state index in [1.807, 2.05) is 20.8 Å². The quantitative estimate of drug-likeness (QED) is 0.647. The first-order valence-electron chi connectivity index (χ1n) is 7.61. The fourth-order valence-corrected chi connectivity index (χ4v) is 5.37. The molecule has 3 aromatic heterocycles. The number of rotatable bonds is 5. The van der Waals surface area contributed by atoms with Gasteiger partial charge in [-0.15, -0.1) is 21.5 Å². The maximum atomic E-state index is 12.4. The smallest absolute Gasteiger partial charge is 0.259 e. The zero-order chi connectivity index (χ0) is 17.4. The van der Waals surface area contributed by atoms with Crippen LogP contribution >= 0.6 is 34.4 Å². The van der Waals surface area contributed by atoms with E-state index in [2.05, 4.69) is 39.3 Å². The number of thiophene rings is 1. The van der Waals surface area contributed by atoms with Gasteiger partial charge in [-0.3, -0.25) is 4.79 Å². The van der Waals surface area contributed by atoms with Crippen molar-refractivity contribution in [3.05, 3.63) is 26.6 Å². The van der Waals surface area contributed by atoms with Gasteiger partial charge in [-0.1, -0.05) is 23.1 Å². The first-order chi connectivity index (χ1) is 11.3. The fourth-order valence-electron chi connectivity index (χ4n) is 2.23. The van der Waals surface area contributed by atoms with Crippen LogP contribution in [0.3, 0.4) is 0 Å². The second kappa shape index (κ2) is 6.81. The molecule has 0 aliphatic carbocycles. The number of hydrogen-bond acceptors (Lipinski definition) is 8. The Morgan fingerprint density at radius 2 is 1.92 bits per heavy atom. The number of nitrogens with one attached hydrogen (secondary N) is 2. The molecule has 0 aliphatic heterocycles. The van der Waals surface area contributed by atoms with Gasteiger partial charge in [-0.05, 0) is 40.2 Å². The topological polar surface area (TPSA) is 83.6 Å². The maximum Gasteiger partial charge on any atom is 0.259 e. The molecule has 3 heterocycles. The van der Waals surface area contributed by atoms with Crippen LogP contribution in [0.5, 0.6) is 0 Å². The number of fused-ring (bicyclic) bond motifs is 1. The van der Waals surface area contributed by atoms with Gasteiger partial charge in [0.25, 0.3) is 5.56 Å². The van der Waals surface area contributed by atoms with E-state index in [9.17, 15) is 4.79 Å². The average molecular weight is 382 g/mol. The molecule has 24 heavy (non-hydrogen) atoms. The number of nitrogens with zero attached hydrogens (tertiary/aromatic N) is 3.